The van der Waals surface area contributed by atoms with Gasteiger partial charge in [-0.05, 0) is 25.5 Å². The number of hydrogen-bond donors (Lipinski definition) is 0. The molecule has 0 saturated heterocycles. The summed E-state index contributed by atoms with van der Waals surface area (Å²) in [6.07, 6.45) is 5.86. The van der Waals surface area contributed by atoms with Gasteiger partial charge in [0.25, 0.3) is 10.1 Å². The van der Waals surface area contributed by atoms with Gasteiger partial charge in [0, 0.05) is 6.42 Å². The fourth-order valence-corrected chi connectivity index (χ4v) is 3.13. The third kappa shape index (κ3) is 9.89. The Kier molecular flexibility index (Phi) is 11.2. The van der Waals surface area contributed by atoms with Gasteiger partial charge in [-0.1, -0.05) is 50.3 Å². The van der Waals surface area contributed by atoms with Crippen molar-refractivity contribution >= 4 is 16.1 Å². The first-order valence-corrected chi connectivity index (χ1v) is 10.6. The highest BCUT2D eigenvalue weighted by Gasteiger charge is 2.14. The van der Waals surface area contributed by atoms with Crippen LogP contribution in [0, 0.1) is 6.92 Å². The van der Waals surface area contributed by atoms with Gasteiger partial charge in [0.1, 0.15) is 6.61 Å². The molecule has 6 nitrogen and oxygen atoms in total. The van der Waals surface area contributed by atoms with Crippen LogP contribution in [0.4, 0.5) is 0 Å². The molecule has 0 amide bonds. The Balaban J connectivity index is 2.05. The van der Waals surface area contributed by atoms with Crippen molar-refractivity contribution in [1.82, 2.24) is 0 Å². The smallest absolute Gasteiger partial charge is 0.305 e. The van der Waals surface area contributed by atoms with Crippen molar-refractivity contribution in [3.8, 4) is 0 Å². The van der Waals surface area contributed by atoms with Crippen molar-refractivity contribution in [2.45, 2.75) is 57.3 Å². The van der Waals surface area contributed by atoms with E-state index in [0.29, 0.717) is 6.42 Å². The van der Waals surface area contributed by atoms with Gasteiger partial charge in [-0.2, -0.15) is 8.42 Å². The molecule has 0 atom stereocenters. The number of esters is 1. The summed E-state index contributed by atoms with van der Waals surface area (Å²) in [7, 11) is -3.77. The number of aryl methyl sites for hydroxylation is 1. The van der Waals surface area contributed by atoms with E-state index in [1.54, 1.807) is 12.1 Å². The first-order valence-electron chi connectivity index (χ1n) is 9.15. The summed E-state index contributed by atoms with van der Waals surface area (Å²) in [5, 5.41) is 0. The Morgan fingerprint density at radius 2 is 1.58 bits per heavy atom. The molecule has 0 aromatic heterocycles. The third-order valence-electron chi connectivity index (χ3n) is 3.75. The van der Waals surface area contributed by atoms with Crippen LogP contribution in [0.15, 0.2) is 29.2 Å². The van der Waals surface area contributed by atoms with Gasteiger partial charge in [0.15, 0.2) is 0 Å². The molecule has 0 saturated carbocycles. The van der Waals surface area contributed by atoms with Gasteiger partial charge in [-0.15, -0.1) is 0 Å². The highest BCUT2D eigenvalue weighted by molar-refractivity contribution is 7.86. The van der Waals surface area contributed by atoms with Crippen molar-refractivity contribution in [2.75, 3.05) is 26.4 Å². The average molecular weight is 387 g/mol. The van der Waals surface area contributed by atoms with Crippen molar-refractivity contribution in [3.63, 3.8) is 0 Å². The summed E-state index contributed by atoms with van der Waals surface area (Å²) >= 11 is 0. The molecule has 0 unspecified atom stereocenters. The lowest BCUT2D eigenvalue weighted by atomic mass is 10.1. The van der Waals surface area contributed by atoms with Gasteiger partial charge in [-0.25, -0.2) is 0 Å². The molecule has 0 fully saturated rings. The normalized spacial score (nSPS) is 11.5. The van der Waals surface area contributed by atoms with Gasteiger partial charge in [0.05, 0.1) is 24.7 Å². The van der Waals surface area contributed by atoms with E-state index >= 15 is 0 Å². The van der Waals surface area contributed by atoms with Gasteiger partial charge in [0.2, 0.25) is 0 Å². The first kappa shape index (κ1) is 22.6. The molecular weight excluding hydrogens is 356 g/mol. The van der Waals surface area contributed by atoms with E-state index in [2.05, 4.69) is 6.92 Å². The topological polar surface area (TPSA) is 78.9 Å². The minimum absolute atomic E-state index is 0.0818. The van der Waals surface area contributed by atoms with Gasteiger partial charge < -0.3 is 9.47 Å². The predicted octanol–water partition coefficient (Wildman–Crippen LogP) is 3.62. The van der Waals surface area contributed by atoms with Crippen molar-refractivity contribution in [2.24, 2.45) is 0 Å². The van der Waals surface area contributed by atoms with Crippen LogP contribution in [0.1, 0.15) is 51.0 Å². The first-order chi connectivity index (χ1) is 12.5. The van der Waals surface area contributed by atoms with Crippen LogP contribution >= 0.6 is 0 Å². The minimum Gasteiger partial charge on any atom is -0.463 e. The average Bonchev–Trinajstić information content (AvgIpc) is 2.61. The summed E-state index contributed by atoms with van der Waals surface area (Å²) in [5.41, 5.74) is 0.975. The zero-order valence-corrected chi connectivity index (χ0v) is 16.6. The monoisotopic (exact) mass is 386 g/mol. The maximum absolute atomic E-state index is 11.9. The molecule has 0 N–H and O–H groups in total. The number of unbranched alkanes of at least 4 members (excludes halogenated alkanes) is 4. The van der Waals surface area contributed by atoms with E-state index in [-0.39, 0.29) is 37.3 Å². The maximum Gasteiger partial charge on any atom is 0.305 e. The molecule has 0 heterocycles. The quantitative estimate of drug-likeness (QED) is 0.276. The highest BCUT2D eigenvalue weighted by atomic mass is 32.2. The van der Waals surface area contributed by atoms with E-state index in [1.807, 2.05) is 6.92 Å². The number of carbonyl (C=O) groups excluding carboxylic acids is 1. The highest BCUT2D eigenvalue weighted by Crippen LogP contribution is 2.12. The summed E-state index contributed by atoms with van der Waals surface area (Å²) in [4.78, 5) is 11.6. The predicted molar refractivity (Wildman–Crippen MR) is 99.5 cm³/mol. The molecule has 0 bridgehead atoms. The SMILES string of the molecule is CCCCCCCC(=O)OCCOCCOS(=O)(=O)c1ccc(C)cc1. The minimum atomic E-state index is -3.77. The second-order valence-corrected chi connectivity index (χ2v) is 7.70. The zero-order chi connectivity index (χ0) is 19.3. The molecule has 0 aliphatic rings. The Hall–Kier alpha value is -1.44. The van der Waals surface area contributed by atoms with E-state index in [9.17, 15) is 13.2 Å². The second-order valence-electron chi connectivity index (χ2n) is 6.09. The van der Waals surface area contributed by atoms with E-state index in [0.717, 1.165) is 24.8 Å². The Morgan fingerprint density at radius 1 is 0.923 bits per heavy atom. The van der Waals surface area contributed by atoms with Crippen molar-refractivity contribution in [3.05, 3.63) is 29.8 Å². The Bertz CT molecular complexity index is 609. The molecule has 1 aromatic carbocycles. The zero-order valence-electron chi connectivity index (χ0n) is 15.7. The maximum atomic E-state index is 11.9. The van der Waals surface area contributed by atoms with Gasteiger partial charge in [-0.3, -0.25) is 8.98 Å². The molecule has 0 aliphatic carbocycles. The molecule has 26 heavy (non-hydrogen) atoms. The van der Waals surface area contributed by atoms with E-state index < -0.39 is 10.1 Å². The van der Waals surface area contributed by atoms with E-state index in [4.69, 9.17) is 13.7 Å². The molecule has 0 spiro atoms. The number of ether oxygens (including phenoxy) is 2. The number of benzene rings is 1. The summed E-state index contributed by atoms with van der Waals surface area (Å²) in [5.74, 6) is -0.219. The molecule has 0 aliphatic heterocycles. The summed E-state index contributed by atoms with van der Waals surface area (Å²) < 4.78 is 39.1. The molecular formula is C19H30O6S. The number of hydrogen-bond acceptors (Lipinski definition) is 6. The fourth-order valence-electron chi connectivity index (χ4n) is 2.24. The van der Waals surface area contributed by atoms with Crippen LogP contribution < -0.4 is 0 Å². The summed E-state index contributed by atoms with van der Waals surface area (Å²) in [6.45, 7) is 4.44. The Morgan fingerprint density at radius 3 is 2.27 bits per heavy atom. The standard InChI is InChI=1S/C19H30O6S/c1-3-4-5-6-7-8-19(20)24-15-13-23-14-16-25-26(21,22)18-11-9-17(2)10-12-18/h9-12H,3-8,13-16H2,1-2H3. The van der Waals surface area contributed by atoms with Gasteiger partial charge >= 0.3 is 5.97 Å². The Labute approximate surface area is 157 Å². The van der Waals surface area contributed by atoms with Crippen LogP contribution in [0.2, 0.25) is 0 Å². The van der Waals surface area contributed by atoms with Crippen molar-refractivity contribution < 1.29 is 26.9 Å². The molecule has 148 valence electrons. The third-order valence-corrected chi connectivity index (χ3v) is 5.08. The molecule has 7 heteroatoms. The van der Waals surface area contributed by atoms with Crippen molar-refractivity contribution in [1.29, 1.82) is 0 Å². The number of carbonyl (C=O) groups is 1. The summed E-state index contributed by atoms with van der Waals surface area (Å²) in [6, 6.07) is 6.44. The fraction of sp³-hybridized carbons (Fsp3) is 0.632. The van der Waals surface area contributed by atoms with Crippen LogP contribution in [0.25, 0.3) is 0 Å². The van der Waals surface area contributed by atoms with Crippen LogP contribution in [-0.4, -0.2) is 40.8 Å². The lowest BCUT2D eigenvalue weighted by molar-refractivity contribution is -0.145. The molecule has 1 aromatic rings. The largest absolute Gasteiger partial charge is 0.463 e. The van der Waals surface area contributed by atoms with Crippen LogP contribution in [0.3, 0.4) is 0 Å². The molecule has 1 rings (SSSR count). The van der Waals surface area contributed by atoms with Crippen LogP contribution in [0.5, 0.6) is 0 Å². The second kappa shape index (κ2) is 12.8. The lowest BCUT2D eigenvalue weighted by Gasteiger charge is -2.08. The van der Waals surface area contributed by atoms with E-state index in [1.165, 1.54) is 25.0 Å². The number of rotatable bonds is 14. The van der Waals surface area contributed by atoms with Crippen LogP contribution in [-0.2, 0) is 28.6 Å². The lowest BCUT2D eigenvalue weighted by Crippen LogP contribution is -2.15. The molecule has 0 radical (unpaired) electrons.